The number of aliphatic hydroxyl groups excluding tert-OH is 1. The minimum atomic E-state index is -4.26. The highest BCUT2D eigenvalue weighted by Gasteiger charge is 2.26. The predicted molar refractivity (Wildman–Crippen MR) is 61.0 cm³/mol. The highest BCUT2D eigenvalue weighted by molar-refractivity contribution is 5.13. The molecule has 0 heterocycles. The van der Waals surface area contributed by atoms with Crippen LogP contribution in [0, 0.1) is 0 Å². The van der Waals surface area contributed by atoms with Crippen molar-refractivity contribution in [3.8, 4) is 0 Å². The van der Waals surface area contributed by atoms with E-state index in [-0.39, 0.29) is 13.2 Å². The fourth-order valence-corrected chi connectivity index (χ4v) is 1.33. The predicted octanol–water partition coefficient (Wildman–Crippen LogP) is 1.72. The molecule has 0 spiro atoms. The summed E-state index contributed by atoms with van der Waals surface area (Å²) in [6.07, 6.45) is -5.21. The van der Waals surface area contributed by atoms with E-state index in [1.807, 2.05) is 30.3 Å². The Hall–Kier alpha value is -1.11. The molecule has 6 heteroatoms. The van der Waals surface area contributed by atoms with E-state index >= 15 is 0 Å². The van der Waals surface area contributed by atoms with Crippen LogP contribution in [0.4, 0.5) is 13.2 Å². The molecule has 0 aliphatic rings. The van der Waals surface area contributed by atoms with E-state index in [1.165, 1.54) is 0 Å². The summed E-state index contributed by atoms with van der Waals surface area (Å²) in [6, 6.07) is 9.34. The summed E-state index contributed by atoms with van der Waals surface area (Å²) in [5, 5.41) is 11.5. The minimum absolute atomic E-state index is 0.000247. The van der Waals surface area contributed by atoms with E-state index < -0.39 is 18.8 Å². The minimum Gasteiger partial charge on any atom is -0.389 e. The second-order valence-electron chi connectivity index (χ2n) is 3.90. The number of alkyl halides is 3. The first-order chi connectivity index (χ1) is 8.47. The molecule has 0 amide bonds. The standard InChI is InChI=1S/C12H16F3NO2/c13-12(14,15)9-16-6-11(17)8-18-7-10-4-2-1-3-5-10/h1-5,11,16-17H,6-9H2. The fraction of sp³-hybridized carbons (Fsp3) is 0.500. The first kappa shape index (κ1) is 14.9. The molecule has 0 aliphatic heterocycles. The molecule has 0 radical (unpaired) electrons. The molecule has 1 aromatic carbocycles. The Balaban J connectivity index is 2.09. The summed E-state index contributed by atoms with van der Waals surface area (Å²) in [5.41, 5.74) is 0.952. The van der Waals surface area contributed by atoms with E-state index in [1.54, 1.807) is 0 Å². The van der Waals surface area contributed by atoms with E-state index in [2.05, 4.69) is 5.32 Å². The zero-order valence-corrected chi connectivity index (χ0v) is 9.78. The van der Waals surface area contributed by atoms with Crippen LogP contribution in [0.25, 0.3) is 0 Å². The lowest BCUT2D eigenvalue weighted by atomic mass is 10.2. The van der Waals surface area contributed by atoms with Gasteiger partial charge in [-0.3, -0.25) is 0 Å². The Morgan fingerprint density at radius 3 is 2.50 bits per heavy atom. The van der Waals surface area contributed by atoms with Crippen LogP contribution in [-0.4, -0.2) is 37.1 Å². The van der Waals surface area contributed by atoms with Gasteiger partial charge in [0.25, 0.3) is 0 Å². The molecular formula is C12H16F3NO2. The van der Waals surface area contributed by atoms with Crippen molar-refractivity contribution in [2.24, 2.45) is 0 Å². The molecule has 18 heavy (non-hydrogen) atoms. The summed E-state index contributed by atoms with van der Waals surface area (Å²) < 4.78 is 40.6. The maximum Gasteiger partial charge on any atom is 0.401 e. The topological polar surface area (TPSA) is 41.5 Å². The molecule has 1 unspecified atom stereocenters. The number of ether oxygens (including phenoxy) is 1. The Morgan fingerprint density at radius 1 is 1.22 bits per heavy atom. The molecule has 1 atom stereocenters. The number of aliphatic hydroxyl groups is 1. The third-order valence-corrected chi connectivity index (χ3v) is 2.13. The maximum absolute atomic E-state index is 11.8. The zero-order valence-electron chi connectivity index (χ0n) is 9.78. The van der Waals surface area contributed by atoms with Gasteiger partial charge in [0.1, 0.15) is 0 Å². The summed E-state index contributed by atoms with van der Waals surface area (Å²) in [6.45, 7) is -0.923. The van der Waals surface area contributed by atoms with Crippen molar-refractivity contribution in [1.29, 1.82) is 0 Å². The van der Waals surface area contributed by atoms with Gasteiger partial charge in [-0.15, -0.1) is 0 Å². The van der Waals surface area contributed by atoms with Gasteiger partial charge in [0, 0.05) is 6.54 Å². The van der Waals surface area contributed by atoms with Crippen LogP contribution < -0.4 is 5.32 Å². The van der Waals surface area contributed by atoms with Gasteiger partial charge in [0.2, 0.25) is 0 Å². The zero-order chi connectivity index (χ0) is 13.4. The summed E-state index contributed by atoms with van der Waals surface area (Å²) in [4.78, 5) is 0. The molecule has 102 valence electrons. The number of hydrogen-bond donors (Lipinski definition) is 2. The van der Waals surface area contributed by atoms with Gasteiger partial charge in [-0.2, -0.15) is 13.2 Å². The summed E-state index contributed by atoms with van der Waals surface area (Å²) in [7, 11) is 0. The third-order valence-electron chi connectivity index (χ3n) is 2.13. The van der Waals surface area contributed by atoms with Crippen LogP contribution in [0.1, 0.15) is 5.56 Å². The number of hydrogen-bond acceptors (Lipinski definition) is 3. The number of benzene rings is 1. The van der Waals surface area contributed by atoms with Crippen LogP contribution in [0.5, 0.6) is 0 Å². The Labute approximate surface area is 104 Å². The van der Waals surface area contributed by atoms with Crippen molar-refractivity contribution in [3.05, 3.63) is 35.9 Å². The SMILES string of the molecule is OC(CNCC(F)(F)F)COCc1ccccc1. The third kappa shape index (κ3) is 7.26. The van der Waals surface area contributed by atoms with Crippen molar-refractivity contribution in [3.63, 3.8) is 0 Å². The molecule has 0 saturated heterocycles. The number of nitrogens with one attached hydrogen (secondary N) is 1. The highest BCUT2D eigenvalue weighted by atomic mass is 19.4. The fourth-order valence-electron chi connectivity index (χ4n) is 1.33. The largest absolute Gasteiger partial charge is 0.401 e. The van der Waals surface area contributed by atoms with Crippen LogP contribution in [0.3, 0.4) is 0 Å². The second kappa shape index (κ2) is 7.35. The van der Waals surface area contributed by atoms with E-state index in [0.29, 0.717) is 6.61 Å². The normalized spacial score (nSPS) is 13.6. The molecule has 0 aliphatic carbocycles. The Morgan fingerprint density at radius 2 is 1.89 bits per heavy atom. The average molecular weight is 263 g/mol. The van der Waals surface area contributed by atoms with Crippen LogP contribution >= 0.6 is 0 Å². The van der Waals surface area contributed by atoms with Crippen molar-refractivity contribution in [2.45, 2.75) is 18.9 Å². The van der Waals surface area contributed by atoms with Gasteiger partial charge in [-0.25, -0.2) is 0 Å². The van der Waals surface area contributed by atoms with Crippen molar-refractivity contribution in [1.82, 2.24) is 5.32 Å². The molecule has 0 saturated carbocycles. The molecule has 0 bridgehead atoms. The smallest absolute Gasteiger partial charge is 0.389 e. The molecule has 2 N–H and O–H groups in total. The lowest BCUT2D eigenvalue weighted by Gasteiger charge is -2.13. The molecule has 0 fully saturated rings. The Kier molecular flexibility index (Phi) is 6.11. The van der Waals surface area contributed by atoms with Gasteiger partial charge in [-0.05, 0) is 5.56 Å². The van der Waals surface area contributed by atoms with Gasteiger partial charge in [-0.1, -0.05) is 30.3 Å². The van der Waals surface area contributed by atoms with Crippen molar-refractivity contribution in [2.75, 3.05) is 19.7 Å². The van der Waals surface area contributed by atoms with E-state index in [9.17, 15) is 18.3 Å². The molecule has 1 rings (SSSR count). The first-order valence-corrected chi connectivity index (χ1v) is 5.54. The van der Waals surface area contributed by atoms with Gasteiger partial charge in [0.15, 0.2) is 0 Å². The number of rotatable bonds is 7. The molecular weight excluding hydrogens is 247 g/mol. The van der Waals surface area contributed by atoms with Gasteiger partial charge in [0.05, 0.1) is 25.9 Å². The maximum atomic E-state index is 11.8. The average Bonchev–Trinajstić information content (AvgIpc) is 2.28. The monoisotopic (exact) mass is 263 g/mol. The lowest BCUT2D eigenvalue weighted by molar-refractivity contribution is -0.125. The van der Waals surface area contributed by atoms with E-state index in [0.717, 1.165) is 5.56 Å². The molecule has 1 aromatic rings. The van der Waals surface area contributed by atoms with Crippen molar-refractivity contribution >= 4 is 0 Å². The lowest BCUT2D eigenvalue weighted by Crippen LogP contribution is -2.36. The molecule has 0 aromatic heterocycles. The van der Waals surface area contributed by atoms with Crippen LogP contribution in [-0.2, 0) is 11.3 Å². The van der Waals surface area contributed by atoms with Crippen LogP contribution in [0.2, 0.25) is 0 Å². The molecule has 3 nitrogen and oxygen atoms in total. The van der Waals surface area contributed by atoms with Crippen LogP contribution in [0.15, 0.2) is 30.3 Å². The first-order valence-electron chi connectivity index (χ1n) is 5.54. The Bertz CT molecular complexity index is 330. The van der Waals surface area contributed by atoms with Gasteiger partial charge < -0.3 is 15.2 Å². The quantitative estimate of drug-likeness (QED) is 0.787. The summed E-state index contributed by atoms with van der Waals surface area (Å²) in [5.74, 6) is 0. The van der Waals surface area contributed by atoms with E-state index in [4.69, 9.17) is 4.74 Å². The summed E-state index contributed by atoms with van der Waals surface area (Å²) >= 11 is 0. The second-order valence-corrected chi connectivity index (χ2v) is 3.90. The highest BCUT2D eigenvalue weighted by Crippen LogP contribution is 2.12. The van der Waals surface area contributed by atoms with Crippen molar-refractivity contribution < 1.29 is 23.0 Å². The van der Waals surface area contributed by atoms with Gasteiger partial charge >= 0.3 is 6.18 Å². The number of halogens is 3.